The molecule has 0 aromatic carbocycles. The van der Waals surface area contributed by atoms with E-state index in [4.69, 9.17) is 0 Å². The third kappa shape index (κ3) is 1.74. The standard InChI is InChI=1S/C12H15FN2/c1-8-4-7-12(14-10(8)3)15-9(2)5-6-11(15)13/h4,6-7,9H,5H2,1-3H3. The monoisotopic (exact) mass is 206 g/mol. The van der Waals surface area contributed by atoms with E-state index >= 15 is 0 Å². The van der Waals surface area contributed by atoms with E-state index in [9.17, 15) is 4.39 Å². The van der Waals surface area contributed by atoms with Crippen LogP contribution in [0.15, 0.2) is 24.2 Å². The third-order valence-electron chi connectivity index (χ3n) is 2.88. The van der Waals surface area contributed by atoms with E-state index in [2.05, 4.69) is 4.98 Å². The highest BCUT2D eigenvalue weighted by molar-refractivity contribution is 5.49. The van der Waals surface area contributed by atoms with Gasteiger partial charge in [0.2, 0.25) is 0 Å². The molecule has 2 rings (SSSR count). The van der Waals surface area contributed by atoms with Crippen molar-refractivity contribution in [3.05, 3.63) is 35.4 Å². The Morgan fingerprint density at radius 3 is 2.67 bits per heavy atom. The van der Waals surface area contributed by atoms with Crippen molar-refractivity contribution in [2.75, 3.05) is 4.90 Å². The molecule has 0 amide bonds. The van der Waals surface area contributed by atoms with Crippen LogP contribution in [-0.2, 0) is 0 Å². The first-order chi connectivity index (χ1) is 7.09. The van der Waals surface area contributed by atoms with Gasteiger partial charge in [0.25, 0.3) is 0 Å². The molecule has 0 spiro atoms. The van der Waals surface area contributed by atoms with Crippen LogP contribution >= 0.6 is 0 Å². The number of pyridine rings is 1. The van der Waals surface area contributed by atoms with Crippen LogP contribution in [0.4, 0.5) is 10.2 Å². The fraction of sp³-hybridized carbons (Fsp3) is 0.417. The maximum absolute atomic E-state index is 13.5. The van der Waals surface area contributed by atoms with Crippen LogP contribution in [0.3, 0.4) is 0 Å². The Bertz CT molecular complexity index is 412. The van der Waals surface area contributed by atoms with Crippen LogP contribution in [0, 0.1) is 13.8 Å². The molecule has 0 N–H and O–H groups in total. The normalized spacial score (nSPS) is 20.7. The van der Waals surface area contributed by atoms with Crippen molar-refractivity contribution in [2.45, 2.75) is 33.2 Å². The van der Waals surface area contributed by atoms with E-state index in [1.54, 1.807) is 11.0 Å². The SMILES string of the molecule is Cc1ccc(N2C(F)=CCC2C)nc1C. The number of halogens is 1. The number of hydrogen-bond donors (Lipinski definition) is 0. The minimum Gasteiger partial charge on any atom is -0.300 e. The molecule has 1 aromatic heterocycles. The molecule has 1 aliphatic heterocycles. The van der Waals surface area contributed by atoms with Crippen molar-refractivity contribution in [3.63, 3.8) is 0 Å². The molecule has 1 aromatic rings. The van der Waals surface area contributed by atoms with Gasteiger partial charge in [-0.1, -0.05) is 6.07 Å². The molecule has 1 aliphatic rings. The summed E-state index contributed by atoms with van der Waals surface area (Å²) in [5.74, 6) is 0.523. The number of anilines is 1. The van der Waals surface area contributed by atoms with Crippen LogP contribution in [-0.4, -0.2) is 11.0 Å². The molecule has 2 nitrogen and oxygen atoms in total. The number of nitrogens with zero attached hydrogens (tertiary/aromatic N) is 2. The Morgan fingerprint density at radius 2 is 2.13 bits per heavy atom. The summed E-state index contributed by atoms with van der Waals surface area (Å²) >= 11 is 0. The van der Waals surface area contributed by atoms with Crippen LogP contribution in [0.1, 0.15) is 24.6 Å². The summed E-state index contributed by atoms with van der Waals surface area (Å²) in [5, 5.41) is 0. The maximum atomic E-state index is 13.5. The van der Waals surface area contributed by atoms with Crippen LogP contribution in [0.5, 0.6) is 0 Å². The van der Waals surface area contributed by atoms with E-state index < -0.39 is 0 Å². The molecule has 80 valence electrons. The van der Waals surface area contributed by atoms with Crippen LogP contribution < -0.4 is 4.90 Å². The molecule has 0 radical (unpaired) electrons. The fourth-order valence-corrected chi connectivity index (χ4v) is 1.77. The first kappa shape index (κ1) is 10.1. The topological polar surface area (TPSA) is 16.1 Å². The molecule has 2 heterocycles. The highest BCUT2D eigenvalue weighted by Crippen LogP contribution is 2.28. The Labute approximate surface area is 89.4 Å². The average Bonchev–Trinajstić information content (AvgIpc) is 2.52. The Balaban J connectivity index is 2.37. The minimum absolute atomic E-state index is 0.166. The van der Waals surface area contributed by atoms with Crippen molar-refractivity contribution in [2.24, 2.45) is 0 Å². The number of hydrogen-bond acceptors (Lipinski definition) is 2. The zero-order valence-electron chi connectivity index (χ0n) is 9.29. The van der Waals surface area contributed by atoms with Crippen molar-refractivity contribution in [1.82, 2.24) is 4.98 Å². The van der Waals surface area contributed by atoms with Gasteiger partial charge in [0.15, 0.2) is 5.95 Å². The lowest BCUT2D eigenvalue weighted by Gasteiger charge is -2.23. The molecule has 0 aliphatic carbocycles. The molecule has 3 heteroatoms. The quantitative estimate of drug-likeness (QED) is 0.656. The largest absolute Gasteiger partial charge is 0.300 e. The minimum atomic E-state index is -0.182. The molecule has 0 saturated carbocycles. The number of aryl methyl sites for hydroxylation is 2. The lowest BCUT2D eigenvalue weighted by molar-refractivity contribution is 0.578. The Kier molecular flexibility index (Phi) is 2.47. The molecule has 1 unspecified atom stereocenters. The average molecular weight is 206 g/mol. The van der Waals surface area contributed by atoms with E-state index in [1.807, 2.05) is 32.9 Å². The Morgan fingerprint density at radius 1 is 1.40 bits per heavy atom. The van der Waals surface area contributed by atoms with Gasteiger partial charge >= 0.3 is 0 Å². The Hall–Kier alpha value is -1.38. The summed E-state index contributed by atoms with van der Waals surface area (Å²) in [7, 11) is 0. The first-order valence-corrected chi connectivity index (χ1v) is 5.18. The second kappa shape index (κ2) is 3.65. The summed E-state index contributed by atoms with van der Waals surface area (Å²) in [6.07, 6.45) is 2.36. The van der Waals surface area contributed by atoms with Gasteiger partial charge in [-0.25, -0.2) is 4.98 Å². The van der Waals surface area contributed by atoms with Gasteiger partial charge in [-0.05, 0) is 44.9 Å². The highest BCUT2D eigenvalue weighted by atomic mass is 19.1. The first-order valence-electron chi connectivity index (χ1n) is 5.18. The second-order valence-corrected chi connectivity index (χ2v) is 4.05. The highest BCUT2D eigenvalue weighted by Gasteiger charge is 2.24. The zero-order chi connectivity index (χ0) is 11.0. The van der Waals surface area contributed by atoms with Gasteiger partial charge in [0, 0.05) is 11.7 Å². The second-order valence-electron chi connectivity index (χ2n) is 4.05. The number of aromatic nitrogens is 1. The van der Waals surface area contributed by atoms with E-state index in [0.717, 1.165) is 17.7 Å². The third-order valence-corrected chi connectivity index (χ3v) is 2.88. The van der Waals surface area contributed by atoms with Gasteiger partial charge in [-0.3, -0.25) is 4.90 Å². The summed E-state index contributed by atoms with van der Waals surface area (Å²) in [4.78, 5) is 6.05. The molecular weight excluding hydrogens is 191 g/mol. The molecule has 1 atom stereocenters. The predicted molar refractivity (Wildman–Crippen MR) is 59.5 cm³/mol. The lowest BCUT2D eigenvalue weighted by atomic mass is 10.2. The van der Waals surface area contributed by atoms with Gasteiger partial charge in [0.1, 0.15) is 5.82 Å². The maximum Gasteiger partial charge on any atom is 0.191 e. The molecular formula is C12H15FN2. The smallest absolute Gasteiger partial charge is 0.191 e. The lowest BCUT2D eigenvalue weighted by Crippen LogP contribution is -2.26. The van der Waals surface area contributed by atoms with Crippen molar-refractivity contribution in [1.29, 1.82) is 0 Å². The van der Waals surface area contributed by atoms with Crippen LogP contribution in [0.25, 0.3) is 0 Å². The van der Waals surface area contributed by atoms with Gasteiger partial charge in [-0.2, -0.15) is 4.39 Å². The van der Waals surface area contributed by atoms with Gasteiger partial charge in [0.05, 0.1) is 0 Å². The van der Waals surface area contributed by atoms with Gasteiger partial charge in [-0.15, -0.1) is 0 Å². The fourth-order valence-electron chi connectivity index (χ4n) is 1.77. The summed E-state index contributed by atoms with van der Waals surface area (Å²) in [5.41, 5.74) is 2.09. The van der Waals surface area contributed by atoms with Crippen molar-refractivity contribution in [3.8, 4) is 0 Å². The summed E-state index contributed by atoms with van der Waals surface area (Å²) in [6, 6.07) is 4.02. The van der Waals surface area contributed by atoms with Crippen molar-refractivity contribution >= 4 is 5.82 Å². The van der Waals surface area contributed by atoms with Crippen LogP contribution in [0.2, 0.25) is 0 Å². The predicted octanol–water partition coefficient (Wildman–Crippen LogP) is 3.11. The molecule has 15 heavy (non-hydrogen) atoms. The summed E-state index contributed by atoms with van der Waals surface area (Å²) in [6.45, 7) is 5.95. The van der Waals surface area contributed by atoms with E-state index in [-0.39, 0.29) is 12.0 Å². The van der Waals surface area contributed by atoms with E-state index in [1.165, 1.54) is 0 Å². The molecule has 0 fully saturated rings. The van der Waals surface area contributed by atoms with Gasteiger partial charge < -0.3 is 0 Å². The molecule has 0 bridgehead atoms. The zero-order valence-corrected chi connectivity index (χ0v) is 9.29. The number of rotatable bonds is 1. The summed E-state index contributed by atoms with van der Waals surface area (Å²) < 4.78 is 13.5. The molecule has 0 saturated heterocycles. The van der Waals surface area contributed by atoms with E-state index in [0.29, 0.717) is 5.82 Å². The van der Waals surface area contributed by atoms with Crippen molar-refractivity contribution < 1.29 is 4.39 Å².